The molecule has 1 aliphatic rings. The van der Waals surface area contributed by atoms with Crippen molar-refractivity contribution < 1.29 is 4.79 Å². The van der Waals surface area contributed by atoms with Gasteiger partial charge in [-0.05, 0) is 50.7 Å². The molecule has 0 atom stereocenters. The van der Waals surface area contributed by atoms with Gasteiger partial charge in [-0.25, -0.2) is 0 Å². The van der Waals surface area contributed by atoms with E-state index in [9.17, 15) is 4.79 Å². The van der Waals surface area contributed by atoms with Crippen LogP contribution in [0.2, 0.25) is 0 Å². The van der Waals surface area contributed by atoms with Crippen molar-refractivity contribution in [2.24, 2.45) is 5.73 Å². The second-order valence-electron chi connectivity index (χ2n) is 5.56. The predicted octanol–water partition coefficient (Wildman–Crippen LogP) is 0.895. The van der Waals surface area contributed by atoms with Gasteiger partial charge in [-0.2, -0.15) is 0 Å². The van der Waals surface area contributed by atoms with E-state index >= 15 is 0 Å². The summed E-state index contributed by atoms with van der Waals surface area (Å²) in [5.41, 5.74) is 13.4. The topological polar surface area (TPSA) is 75.6 Å². The molecule has 0 unspecified atom stereocenters. The maximum absolute atomic E-state index is 11.1. The molecular weight excluding hydrogens is 252 g/mol. The quantitative estimate of drug-likeness (QED) is 0.757. The molecule has 0 aromatic heterocycles. The molecule has 20 heavy (non-hydrogen) atoms. The van der Waals surface area contributed by atoms with Crippen molar-refractivity contribution in [1.82, 2.24) is 9.80 Å². The van der Waals surface area contributed by atoms with Crippen molar-refractivity contribution >= 4 is 11.6 Å². The highest BCUT2D eigenvalue weighted by molar-refractivity contribution is 5.93. The second kappa shape index (κ2) is 6.72. The molecule has 1 aromatic carbocycles. The van der Waals surface area contributed by atoms with Gasteiger partial charge < -0.3 is 21.3 Å². The number of rotatable bonds is 6. The van der Waals surface area contributed by atoms with Gasteiger partial charge >= 0.3 is 0 Å². The van der Waals surface area contributed by atoms with E-state index in [1.165, 1.54) is 25.9 Å². The Balaban J connectivity index is 1.86. The van der Waals surface area contributed by atoms with Gasteiger partial charge in [-0.1, -0.05) is 6.07 Å². The van der Waals surface area contributed by atoms with Crippen LogP contribution in [0.1, 0.15) is 28.8 Å². The number of nitrogens with two attached hydrogens (primary N) is 2. The van der Waals surface area contributed by atoms with Crippen LogP contribution in [-0.4, -0.2) is 48.9 Å². The van der Waals surface area contributed by atoms with Gasteiger partial charge in [-0.3, -0.25) is 4.79 Å². The van der Waals surface area contributed by atoms with Crippen LogP contribution in [0.3, 0.4) is 0 Å². The molecule has 0 saturated carbocycles. The molecule has 1 aromatic rings. The second-order valence-corrected chi connectivity index (χ2v) is 5.56. The SMILES string of the molecule is CN(CCN1CCCC1)Cc1ccc(C(N)=O)cc1N. The number of primary amides is 1. The molecular formula is C15H24N4O. The Kier molecular flexibility index (Phi) is 4.98. The Bertz CT molecular complexity index is 469. The van der Waals surface area contributed by atoms with E-state index in [4.69, 9.17) is 11.5 Å². The molecule has 0 aliphatic carbocycles. The molecule has 1 aliphatic heterocycles. The van der Waals surface area contributed by atoms with Crippen LogP contribution >= 0.6 is 0 Å². The Morgan fingerprint density at radius 3 is 2.65 bits per heavy atom. The molecule has 5 heteroatoms. The van der Waals surface area contributed by atoms with E-state index < -0.39 is 5.91 Å². The predicted molar refractivity (Wildman–Crippen MR) is 81.4 cm³/mol. The summed E-state index contributed by atoms with van der Waals surface area (Å²) in [5.74, 6) is -0.439. The highest BCUT2D eigenvalue weighted by Gasteiger charge is 2.12. The summed E-state index contributed by atoms with van der Waals surface area (Å²) in [5, 5.41) is 0. The largest absolute Gasteiger partial charge is 0.398 e. The van der Waals surface area contributed by atoms with E-state index in [0.29, 0.717) is 11.3 Å². The Morgan fingerprint density at radius 1 is 1.35 bits per heavy atom. The van der Waals surface area contributed by atoms with Gasteiger partial charge in [0, 0.05) is 30.9 Å². The summed E-state index contributed by atoms with van der Waals surface area (Å²) in [7, 11) is 2.09. The van der Waals surface area contributed by atoms with Crippen LogP contribution in [0.5, 0.6) is 0 Å². The monoisotopic (exact) mass is 276 g/mol. The lowest BCUT2D eigenvalue weighted by molar-refractivity contribution is 0.100. The lowest BCUT2D eigenvalue weighted by Crippen LogP contribution is -2.31. The van der Waals surface area contributed by atoms with Crippen LogP contribution in [-0.2, 0) is 6.54 Å². The average Bonchev–Trinajstić information content (AvgIpc) is 2.91. The first-order valence-electron chi connectivity index (χ1n) is 7.15. The number of anilines is 1. The summed E-state index contributed by atoms with van der Waals surface area (Å²) in [6.45, 7) is 5.37. The van der Waals surface area contributed by atoms with E-state index in [1.807, 2.05) is 6.07 Å². The van der Waals surface area contributed by atoms with Crippen LogP contribution in [0.15, 0.2) is 18.2 Å². The number of carbonyl (C=O) groups excluding carboxylic acids is 1. The summed E-state index contributed by atoms with van der Waals surface area (Å²) in [6.07, 6.45) is 2.65. The molecule has 1 amide bonds. The first-order chi connectivity index (χ1) is 9.56. The summed E-state index contributed by atoms with van der Waals surface area (Å²) in [6, 6.07) is 5.29. The number of hydrogen-bond acceptors (Lipinski definition) is 4. The number of amides is 1. The van der Waals surface area contributed by atoms with Crippen LogP contribution < -0.4 is 11.5 Å². The lowest BCUT2D eigenvalue weighted by atomic mass is 10.1. The minimum Gasteiger partial charge on any atom is -0.398 e. The van der Waals surface area contributed by atoms with Gasteiger partial charge in [0.05, 0.1) is 0 Å². The van der Waals surface area contributed by atoms with Crippen LogP contribution in [0, 0.1) is 0 Å². The molecule has 0 radical (unpaired) electrons. The van der Waals surface area contributed by atoms with E-state index in [2.05, 4.69) is 16.8 Å². The van der Waals surface area contributed by atoms with E-state index in [-0.39, 0.29) is 0 Å². The fraction of sp³-hybridized carbons (Fsp3) is 0.533. The number of carbonyl (C=O) groups is 1. The van der Waals surface area contributed by atoms with Gasteiger partial charge in [0.2, 0.25) is 5.91 Å². The number of nitrogen functional groups attached to an aromatic ring is 1. The van der Waals surface area contributed by atoms with E-state index in [1.54, 1.807) is 12.1 Å². The molecule has 0 spiro atoms. The minimum atomic E-state index is -0.439. The first kappa shape index (κ1) is 14.8. The van der Waals surface area contributed by atoms with Gasteiger partial charge in [0.25, 0.3) is 0 Å². The van der Waals surface area contributed by atoms with Gasteiger partial charge in [0.1, 0.15) is 0 Å². The highest BCUT2D eigenvalue weighted by atomic mass is 16.1. The molecule has 110 valence electrons. The molecule has 1 heterocycles. The third kappa shape index (κ3) is 3.95. The Morgan fingerprint density at radius 2 is 2.05 bits per heavy atom. The molecule has 5 nitrogen and oxygen atoms in total. The van der Waals surface area contributed by atoms with Crippen LogP contribution in [0.25, 0.3) is 0 Å². The fourth-order valence-corrected chi connectivity index (χ4v) is 2.58. The Hall–Kier alpha value is -1.59. The minimum absolute atomic E-state index is 0.439. The van der Waals surface area contributed by atoms with Crippen molar-refractivity contribution in [3.8, 4) is 0 Å². The molecule has 2 rings (SSSR count). The van der Waals surface area contributed by atoms with Crippen LogP contribution in [0.4, 0.5) is 5.69 Å². The lowest BCUT2D eigenvalue weighted by Gasteiger charge is -2.22. The van der Waals surface area contributed by atoms with Gasteiger partial charge in [0.15, 0.2) is 0 Å². The van der Waals surface area contributed by atoms with Crippen molar-refractivity contribution in [2.75, 3.05) is 39.0 Å². The normalized spacial score (nSPS) is 15.9. The van der Waals surface area contributed by atoms with Crippen molar-refractivity contribution in [3.63, 3.8) is 0 Å². The Labute approximate surface area is 120 Å². The van der Waals surface area contributed by atoms with Crippen molar-refractivity contribution in [2.45, 2.75) is 19.4 Å². The maximum atomic E-state index is 11.1. The van der Waals surface area contributed by atoms with E-state index in [0.717, 1.165) is 25.2 Å². The van der Waals surface area contributed by atoms with Crippen molar-refractivity contribution in [1.29, 1.82) is 0 Å². The zero-order valence-corrected chi connectivity index (χ0v) is 12.1. The average molecular weight is 276 g/mol. The summed E-state index contributed by atoms with van der Waals surface area (Å²) < 4.78 is 0. The maximum Gasteiger partial charge on any atom is 0.248 e. The first-order valence-corrected chi connectivity index (χ1v) is 7.15. The number of likely N-dealkylation sites (tertiary alicyclic amines) is 1. The zero-order chi connectivity index (χ0) is 14.5. The standard InChI is InChI=1S/C15H24N4O/c1-18(8-9-19-6-2-3-7-19)11-13-5-4-12(15(17)20)10-14(13)16/h4-5,10H,2-3,6-9,11,16H2,1H3,(H2,17,20). The third-order valence-electron chi connectivity index (χ3n) is 3.87. The summed E-state index contributed by atoms with van der Waals surface area (Å²) >= 11 is 0. The number of nitrogens with zero attached hydrogens (tertiary/aromatic N) is 2. The smallest absolute Gasteiger partial charge is 0.248 e. The molecule has 1 saturated heterocycles. The third-order valence-corrected chi connectivity index (χ3v) is 3.87. The molecule has 1 fully saturated rings. The number of benzene rings is 1. The van der Waals surface area contributed by atoms with Gasteiger partial charge in [-0.15, -0.1) is 0 Å². The number of likely N-dealkylation sites (N-methyl/N-ethyl adjacent to an activating group) is 1. The highest BCUT2D eigenvalue weighted by Crippen LogP contribution is 2.16. The fourth-order valence-electron chi connectivity index (χ4n) is 2.58. The van der Waals surface area contributed by atoms with Crippen molar-refractivity contribution in [3.05, 3.63) is 29.3 Å². The number of hydrogen-bond donors (Lipinski definition) is 2. The molecule has 4 N–H and O–H groups in total. The summed E-state index contributed by atoms with van der Waals surface area (Å²) in [4.78, 5) is 15.8. The zero-order valence-electron chi connectivity index (χ0n) is 12.1. The molecule has 0 bridgehead atoms.